The van der Waals surface area contributed by atoms with Crippen LogP contribution >= 0.6 is 0 Å². The molecule has 0 radical (unpaired) electrons. The molecule has 2 rings (SSSR count). The molecule has 2 aromatic carbocycles. The third-order valence-electron chi connectivity index (χ3n) is 3.93. The van der Waals surface area contributed by atoms with Gasteiger partial charge in [0.25, 0.3) is 5.69 Å². The number of nitrogens with one attached hydrogen (secondary N) is 1. The summed E-state index contributed by atoms with van der Waals surface area (Å²) in [7, 11) is -3.83. The molecule has 10 heteroatoms. The topological polar surface area (TPSA) is 127 Å². The Bertz CT molecular complexity index is 1050. The van der Waals surface area contributed by atoms with Gasteiger partial charge < -0.3 is 5.32 Å². The van der Waals surface area contributed by atoms with Crippen molar-refractivity contribution in [2.24, 2.45) is 0 Å². The van der Waals surface area contributed by atoms with Gasteiger partial charge in [0.05, 0.1) is 22.6 Å². The van der Waals surface area contributed by atoms with Crippen LogP contribution in [0.2, 0.25) is 0 Å². The summed E-state index contributed by atoms with van der Waals surface area (Å²) < 4.78 is 25.2. The Balaban J connectivity index is 2.30. The molecule has 148 valence electrons. The molecule has 0 aromatic heterocycles. The van der Waals surface area contributed by atoms with Crippen molar-refractivity contribution >= 4 is 38.8 Å². The largest absolute Gasteiger partial charge is 0.324 e. The SMILES string of the molecule is CC(=O)c1cccc(N(CC(=O)Nc2cc([N+](=O)[O-])ccc2C)S(C)(=O)=O)c1. The molecule has 0 unspecified atom stereocenters. The number of sulfonamides is 1. The lowest BCUT2D eigenvalue weighted by Gasteiger charge is -2.22. The van der Waals surface area contributed by atoms with Gasteiger partial charge in [-0.05, 0) is 31.5 Å². The van der Waals surface area contributed by atoms with Crippen LogP contribution in [-0.4, -0.2) is 37.8 Å². The van der Waals surface area contributed by atoms with Crippen LogP contribution in [-0.2, 0) is 14.8 Å². The number of amides is 1. The summed E-state index contributed by atoms with van der Waals surface area (Å²) in [5.41, 5.74) is 1.07. The summed E-state index contributed by atoms with van der Waals surface area (Å²) in [6, 6.07) is 9.91. The standard InChI is InChI=1S/C18H19N3O6S/c1-12-7-8-16(21(24)25)10-17(12)19-18(23)11-20(28(3,26)27)15-6-4-5-14(9-15)13(2)22/h4-10H,11H2,1-3H3,(H,19,23). The van der Waals surface area contributed by atoms with Gasteiger partial charge in [0.1, 0.15) is 6.54 Å². The quantitative estimate of drug-likeness (QED) is 0.428. The minimum Gasteiger partial charge on any atom is -0.324 e. The van der Waals surface area contributed by atoms with E-state index in [1.54, 1.807) is 13.0 Å². The molecule has 0 aliphatic rings. The van der Waals surface area contributed by atoms with Gasteiger partial charge >= 0.3 is 0 Å². The first-order valence-electron chi connectivity index (χ1n) is 8.12. The van der Waals surface area contributed by atoms with Crippen molar-refractivity contribution < 1.29 is 22.9 Å². The van der Waals surface area contributed by atoms with Crippen molar-refractivity contribution in [3.63, 3.8) is 0 Å². The van der Waals surface area contributed by atoms with E-state index in [0.29, 0.717) is 11.1 Å². The second-order valence-electron chi connectivity index (χ2n) is 6.18. The number of hydrogen-bond donors (Lipinski definition) is 1. The van der Waals surface area contributed by atoms with Gasteiger partial charge in [-0.3, -0.25) is 24.0 Å². The molecule has 28 heavy (non-hydrogen) atoms. The molecule has 0 saturated carbocycles. The van der Waals surface area contributed by atoms with Crippen molar-refractivity contribution in [1.29, 1.82) is 0 Å². The van der Waals surface area contributed by atoms with Gasteiger partial charge in [-0.1, -0.05) is 18.2 Å². The summed E-state index contributed by atoms with van der Waals surface area (Å²) in [5, 5.41) is 13.4. The summed E-state index contributed by atoms with van der Waals surface area (Å²) in [4.78, 5) is 34.3. The normalized spacial score (nSPS) is 11.0. The molecule has 1 amide bonds. The summed E-state index contributed by atoms with van der Waals surface area (Å²) in [6.07, 6.45) is 0.944. The zero-order chi connectivity index (χ0) is 21.1. The van der Waals surface area contributed by atoms with E-state index in [2.05, 4.69) is 5.32 Å². The molecule has 0 heterocycles. The van der Waals surface area contributed by atoms with Crippen molar-refractivity contribution in [1.82, 2.24) is 0 Å². The highest BCUT2D eigenvalue weighted by Gasteiger charge is 2.22. The number of nitro groups is 1. The highest BCUT2D eigenvalue weighted by molar-refractivity contribution is 7.92. The molecule has 1 N–H and O–H groups in total. The Morgan fingerprint density at radius 3 is 2.43 bits per heavy atom. The smallest absolute Gasteiger partial charge is 0.271 e. The predicted molar refractivity (Wildman–Crippen MR) is 105 cm³/mol. The maximum atomic E-state index is 12.4. The number of rotatable bonds is 7. The lowest BCUT2D eigenvalue weighted by molar-refractivity contribution is -0.384. The van der Waals surface area contributed by atoms with Crippen molar-refractivity contribution in [2.45, 2.75) is 13.8 Å². The molecule has 0 spiro atoms. The fourth-order valence-corrected chi connectivity index (χ4v) is 3.31. The molecule has 0 bridgehead atoms. The Morgan fingerprint density at radius 1 is 1.18 bits per heavy atom. The molecular formula is C18H19N3O6S. The van der Waals surface area contributed by atoms with Crippen molar-refractivity contribution in [3.8, 4) is 0 Å². The number of aryl methyl sites for hydroxylation is 1. The minimum absolute atomic E-state index is 0.168. The van der Waals surface area contributed by atoms with E-state index in [9.17, 15) is 28.1 Å². The second kappa shape index (κ2) is 8.17. The first kappa shape index (κ1) is 21.0. The maximum absolute atomic E-state index is 12.4. The number of carbonyl (C=O) groups is 2. The number of nitrogens with zero attached hydrogens (tertiary/aromatic N) is 2. The van der Waals surface area contributed by atoms with Crippen LogP contribution in [0, 0.1) is 17.0 Å². The van der Waals surface area contributed by atoms with Crippen molar-refractivity contribution in [2.75, 3.05) is 22.4 Å². The number of carbonyl (C=O) groups excluding carboxylic acids is 2. The van der Waals surface area contributed by atoms with E-state index in [-0.39, 0.29) is 22.8 Å². The highest BCUT2D eigenvalue weighted by Crippen LogP contribution is 2.23. The van der Waals surface area contributed by atoms with Gasteiger partial charge in [-0.15, -0.1) is 0 Å². The second-order valence-corrected chi connectivity index (χ2v) is 8.09. The number of nitro benzene ring substituents is 1. The number of hydrogen-bond acceptors (Lipinski definition) is 6. The Hall–Kier alpha value is -3.27. The van der Waals surface area contributed by atoms with Gasteiger partial charge in [0.15, 0.2) is 5.78 Å². The fraction of sp³-hybridized carbons (Fsp3) is 0.222. The highest BCUT2D eigenvalue weighted by atomic mass is 32.2. The summed E-state index contributed by atoms with van der Waals surface area (Å²) in [6.45, 7) is 2.45. The number of non-ortho nitro benzene ring substituents is 1. The summed E-state index contributed by atoms with van der Waals surface area (Å²) in [5.74, 6) is -0.922. The van der Waals surface area contributed by atoms with E-state index in [1.807, 2.05) is 0 Å². The molecule has 0 aliphatic heterocycles. The third kappa shape index (κ3) is 5.13. The van der Waals surface area contributed by atoms with Crippen molar-refractivity contribution in [3.05, 3.63) is 63.7 Å². The third-order valence-corrected chi connectivity index (χ3v) is 5.07. The van der Waals surface area contributed by atoms with Crippen LogP contribution in [0.5, 0.6) is 0 Å². The van der Waals surface area contributed by atoms with Crippen LogP contribution in [0.1, 0.15) is 22.8 Å². The van der Waals surface area contributed by atoms with Crippen LogP contribution < -0.4 is 9.62 Å². The van der Waals surface area contributed by atoms with E-state index < -0.39 is 27.4 Å². The Labute approximate surface area is 162 Å². The Kier molecular flexibility index (Phi) is 6.14. The molecular weight excluding hydrogens is 386 g/mol. The molecule has 2 aromatic rings. The molecule has 0 aliphatic carbocycles. The lowest BCUT2D eigenvalue weighted by atomic mass is 10.1. The molecule has 0 saturated heterocycles. The molecule has 0 fully saturated rings. The number of Topliss-reactive ketones (excluding diaryl/α,β-unsaturated/α-hetero) is 1. The molecule has 0 atom stereocenters. The lowest BCUT2D eigenvalue weighted by Crippen LogP contribution is -2.37. The monoisotopic (exact) mass is 405 g/mol. The van der Waals surface area contributed by atoms with Gasteiger partial charge in [0.2, 0.25) is 15.9 Å². The summed E-state index contributed by atoms with van der Waals surface area (Å²) >= 11 is 0. The molecule has 9 nitrogen and oxygen atoms in total. The van der Waals surface area contributed by atoms with E-state index in [1.165, 1.54) is 43.3 Å². The van der Waals surface area contributed by atoms with E-state index in [4.69, 9.17) is 0 Å². The number of anilines is 2. The van der Waals surface area contributed by atoms with Gasteiger partial charge in [-0.2, -0.15) is 0 Å². The number of benzene rings is 2. The van der Waals surface area contributed by atoms with Crippen LogP contribution in [0.15, 0.2) is 42.5 Å². The van der Waals surface area contributed by atoms with Gasteiger partial charge in [-0.25, -0.2) is 8.42 Å². The first-order valence-corrected chi connectivity index (χ1v) is 9.97. The van der Waals surface area contributed by atoms with Crippen LogP contribution in [0.4, 0.5) is 17.1 Å². The fourth-order valence-electron chi connectivity index (χ4n) is 2.46. The Morgan fingerprint density at radius 2 is 1.86 bits per heavy atom. The maximum Gasteiger partial charge on any atom is 0.271 e. The van der Waals surface area contributed by atoms with E-state index >= 15 is 0 Å². The average molecular weight is 405 g/mol. The average Bonchev–Trinajstić information content (AvgIpc) is 2.60. The van der Waals surface area contributed by atoms with Gasteiger partial charge in [0, 0.05) is 17.7 Å². The zero-order valence-corrected chi connectivity index (χ0v) is 16.3. The van der Waals surface area contributed by atoms with Crippen LogP contribution in [0.25, 0.3) is 0 Å². The minimum atomic E-state index is -3.83. The first-order chi connectivity index (χ1) is 13.0. The van der Waals surface area contributed by atoms with Crippen LogP contribution in [0.3, 0.4) is 0 Å². The number of ketones is 1. The zero-order valence-electron chi connectivity index (χ0n) is 15.5. The van der Waals surface area contributed by atoms with E-state index in [0.717, 1.165) is 10.6 Å². The predicted octanol–water partition coefficient (Wildman–Crippen LogP) is 2.51.